The van der Waals surface area contributed by atoms with Crippen molar-refractivity contribution >= 4 is 45.4 Å². The molecule has 4 rings (SSSR count). The number of ether oxygens (including phenoxy) is 1. The standard InChI is InChI=1S/C14H17NO2.C8H7BrN2O2/c1-14(2,3)17-13(16)15-10-6-8-11-7-4-5-9-12(11)15;9-10-4-3-6-1-2-7(11(12)13)5-8(6)10/h4-9H,10H2,1-3H3;1-2,5H,3-4H2. The van der Waals surface area contributed by atoms with Crippen LogP contribution in [0.4, 0.5) is 21.9 Å². The first-order chi connectivity index (χ1) is 14.2. The third-order valence-electron chi connectivity index (χ3n) is 4.55. The van der Waals surface area contributed by atoms with Crippen molar-refractivity contribution in [3.8, 4) is 0 Å². The number of rotatable bonds is 1. The minimum absolute atomic E-state index is 0.144. The van der Waals surface area contributed by atoms with Gasteiger partial charge in [-0.2, -0.15) is 0 Å². The van der Waals surface area contributed by atoms with Crippen molar-refractivity contribution in [2.24, 2.45) is 0 Å². The number of para-hydroxylation sites is 1. The number of halogens is 1. The molecule has 0 bridgehead atoms. The number of carbonyl (C=O) groups excluding carboxylic acids is 1. The highest BCUT2D eigenvalue weighted by Gasteiger charge is 2.25. The molecule has 2 aromatic carbocycles. The number of hydrogen-bond acceptors (Lipinski definition) is 5. The van der Waals surface area contributed by atoms with Crippen LogP contribution in [0, 0.1) is 10.1 Å². The summed E-state index contributed by atoms with van der Waals surface area (Å²) in [5, 5.41) is 10.5. The number of nitro groups is 1. The molecule has 2 aliphatic rings. The lowest BCUT2D eigenvalue weighted by Gasteiger charge is -2.29. The molecular weight excluding hydrogens is 450 g/mol. The average Bonchev–Trinajstić information content (AvgIpc) is 3.07. The minimum Gasteiger partial charge on any atom is -0.443 e. The van der Waals surface area contributed by atoms with Crippen LogP contribution < -0.4 is 8.83 Å². The fraction of sp³-hybridized carbons (Fsp3) is 0.318. The third-order valence-corrected chi connectivity index (χ3v) is 5.28. The van der Waals surface area contributed by atoms with E-state index in [0.717, 1.165) is 35.5 Å². The zero-order valence-electron chi connectivity index (χ0n) is 17.2. The Hall–Kier alpha value is -2.87. The molecule has 0 saturated heterocycles. The van der Waals surface area contributed by atoms with E-state index in [1.807, 2.05) is 67.2 Å². The SMILES string of the molecule is CC(C)(C)OC(=O)N1CC=Cc2ccccc21.O=[N+]([O-])c1ccc2c(c1)N(Br)CC2. The molecule has 8 heteroatoms. The van der Waals surface area contributed by atoms with Crippen molar-refractivity contribution in [1.29, 1.82) is 0 Å². The number of non-ortho nitro benzene ring substituents is 1. The van der Waals surface area contributed by atoms with Crippen LogP contribution in [0.25, 0.3) is 6.08 Å². The second-order valence-electron chi connectivity index (χ2n) is 7.96. The minimum atomic E-state index is -0.465. The van der Waals surface area contributed by atoms with E-state index < -0.39 is 5.60 Å². The van der Waals surface area contributed by atoms with Crippen molar-refractivity contribution in [2.45, 2.75) is 32.8 Å². The van der Waals surface area contributed by atoms with Gasteiger partial charge >= 0.3 is 6.09 Å². The molecule has 0 aliphatic carbocycles. The normalized spacial score (nSPS) is 14.4. The maximum absolute atomic E-state index is 12.0. The number of benzene rings is 2. The Morgan fingerprint density at radius 3 is 2.60 bits per heavy atom. The Morgan fingerprint density at radius 2 is 1.90 bits per heavy atom. The van der Waals surface area contributed by atoms with Crippen LogP contribution in [-0.4, -0.2) is 29.7 Å². The summed E-state index contributed by atoms with van der Waals surface area (Å²) >= 11 is 3.33. The number of fused-ring (bicyclic) bond motifs is 2. The van der Waals surface area contributed by atoms with Crippen LogP contribution in [0.1, 0.15) is 31.9 Å². The van der Waals surface area contributed by atoms with Crippen molar-refractivity contribution in [3.05, 3.63) is 69.8 Å². The molecule has 0 N–H and O–H groups in total. The van der Waals surface area contributed by atoms with Crippen molar-refractivity contribution < 1.29 is 14.5 Å². The lowest BCUT2D eigenvalue weighted by Crippen LogP contribution is -2.38. The molecule has 7 nitrogen and oxygen atoms in total. The van der Waals surface area contributed by atoms with Gasteiger partial charge in [0.25, 0.3) is 5.69 Å². The summed E-state index contributed by atoms with van der Waals surface area (Å²) in [7, 11) is 0. The molecule has 2 aromatic rings. The van der Waals surface area contributed by atoms with Crippen molar-refractivity contribution in [2.75, 3.05) is 21.9 Å². The van der Waals surface area contributed by atoms with Crippen molar-refractivity contribution in [3.63, 3.8) is 0 Å². The van der Waals surface area contributed by atoms with Gasteiger partial charge in [0, 0.05) is 41.4 Å². The Bertz CT molecular complexity index is 985. The summed E-state index contributed by atoms with van der Waals surface area (Å²) in [5.41, 5.74) is 3.70. The molecule has 0 unspecified atom stereocenters. The summed E-state index contributed by atoms with van der Waals surface area (Å²) in [6.07, 6.45) is 4.63. The van der Waals surface area contributed by atoms with E-state index in [2.05, 4.69) is 16.1 Å². The first-order valence-corrected chi connectivity index (χ1v) is 10.3. The molecule has 0 radical (unpaired) electrons. The molecule has 2 heterocycles. The highest BCUT2D eigenvalue weighted by Crippen LogP contribution is 2.33. The summed E-state index contributed by atoms with van der Waals surface area (Å²) < 4.78 is 7.24. The summed E-state index contributed by atoms with van der Waals surface area (Å²) in [4.78, 5) is 23.8. The van der Waals surface area contributed by atoms with E-state index in [0.29, 0.717) is 6.54 Å². The Morgan fingerprint density at radius 1 is 1.17 bits per heavy atom. The maximum Gasteiger partial charge on any atom is 0.415 e. The molecule has 0 atom stereocenters. The Balaban J connectivity index is 0.000000177. The van der Waals surface area contributed by atoms with Crippen LogP contribution in [0.3, 0.4) is 0 Å². The highest BCUT2D eigenvalue weighted by molar-refractivity contribution is 9.10. The largest absolute Gasteiger partial charge is 0.443 e. The van der Waals surface area contributed by atoms with Gasteiger partial charge in [0.05, 0.1) is 16.3 Å². The number of nitrogens with zero attached hydrogens (tertiary/aromatic N) is 3. The summed E-state index contributed by atoms with van der Waals surface area (Å²) in [6, 6.07) is 12.8. The Labute approximate surface area is 184 Å². The zero-order valence-corrected chi connectivity index (χ0v) is 18.8. The lowest BCUT2D eigenvalue weighted by molar-refractivity contribution is -0.384. The molecule has 158 valence electrons. The van der Waals surface area contributed by atoms with Gasteiger partial charge in [-0.3, -0.25) is 15.0 Å². The van der Waals surface area contributed by atoms with Gasteiger partial charge in [-0.1, -0.05) is 36.4 Å². The number of amides is 1. The predicted molar refractivity (Wildman–Crippen MR) is 122 cm³/mol. The lowest BCUT2D eigenvalue weighted by atomic mass is 10.1. The zero-order chi connectivity index (χ0) is 21.9. The van der Waals surface area contributed by atoms with Gasteiger partial charge in [-0.15, -0.1) is 0 Å². The van der Waals surface area contributed by atoms with Gasteiger partial charge in [-0.05, 0) is 44.4 Å². The fourth-order valence-corrected chi connectivity index (χ4v) is 3.70. The average molecular weight is 474 g/mol. The van der Waals surface area contributed by atoms with E-state index in [4.69, 9.17) is 4.74 Å². The number of hydrogen-bond donors (Lipinski definition) is 0. The van der Waals surface area contributed by atoms with Crippen LogP contribution in [0.2, 0.25) is 0 Å². The first-order valence-electron chi connectivity index (χ1n) is 9.62. The number of carbonyl (C=O) groups is 1. The number of anilines is 2. The number of nitro benzene ring substituents is 1. The molecule has 0 spiro atoms. The predicted octanol–water partition coefficient (Wildman–Crippen LogP) is 5.72. The van der Waals surface area contributed by atoms with E-state index in [9.17, 15) is 14.9 Å². The second-order valence-corrected chi connectivity index (χ2v) is 8.81. The van der Waals surface area contributed by atoms with Crippen LogP contribution in [-0.2, 0) is 11.2 Å². The van der Waals surface area contributed by atoms with E-state index >= 15 is 0 Å². The van der Waals surface area contributed by atoms with E-state index in [1.54, 1.807) is 17.0 Å². The molecule has 30 heavy (non-hydrogen) atoms. The maximum atomic E-state index is 12.0. The molecule has 0 aromatic heterocycles. The van der Waals surface area contributed by atoms with Crippen LogP contribution >= 0.6 is 16.1 Å². The van der Waals surface area contributed by atoms with Gasteiger partial charge in [0.2, 0.25) is 0 Å². The monoisotopic (exact) mass is 473 g/mol. The third kappa shape index (κ3) is 5.18. The van der Waals surface area contributed by atoms with E-state index in [-0.39, 0.29) is 16.7 Å². The van der Waals surface area contributed by atoms with Crippen molar-refractivity contribution in [1.82, 2.24) is 0 Å². The summed E-state index contributed by atoms with van der Waals surface area (Å²) in [6.45, 7) is 7.05. The molecular formula is C22H24BrN3O4. The van der Waals surface area contributed by atoms with Gasteiger partial charge in [-0.25, -0.2) is 4.79 Å². The van der Waals surface area contributed by atoms with Gasteiger partial charge < -0.3 is 8.66 Å². The molecule has 2 aliphatic heterocycles. The highest BCUT2D eigenvalue weighted by atomic mass is 79.9. The topological polar surface area (TPSA) is 75.9 Å². The quantitative estimate of drug-likeness (QED) is 0.300. The van der Waals surface area contributed by atoms with Gasteiger partial charge in [0.15, 0.2) is 0 Å². The summed E-state index contributed by atoms with van der Waals surface area (Å²) in [5.74, 6) is 0. The van der Waals surface area contributed by atoms with Crippen LogP contribution in [0.15, 0.2) is 48.5 Å². The molecule has 0 saturated carbocycles. The first kappa shape index (κ1) is 21.8. The molecule has 1 amide bonds. The fourth-order valence-electron chi connectivity index (χ4n) is 3.19. The van der Waals surface area contributed by atoms with E-state index in [1.165, 1.54) is 0 Å². The van der Waals surface area contributed by atoms with Gasteiger partial charge in [0.1, 0.15) is 5.60 Å². The second kappa shape index (κ2) is 8.87. The van der Waals surface area contributed by atoms with Crippen LogP contribution in [0.5, 0.6) is 0 Å². The smallest absolute Gasteiger partial charge is 0.415 e. The Kier molecular flexibility index (Phi) is 6.45. The molecule has 0 fully saturated rings.